The SMILES string of the molecule is CC(C)[C@@H](NC(=O)Cc1cc(F)ccc1F)C(=O)O. The van der Waals surface area contributed by atoms with Crippen LogP contribution in [-0.4, -0.2) is 23.0 Å². The van der Waals surface area contributed by atoms with E-state index in [1.165, 1.54) is 0 Å². The van der Waals surface area contributed by atoms with Crippen molar-refractivity contribution in [3.05, 3.63) is 35.4 Å². The number of benzene rings is 1. The number of amides is 1. The molecule has 0 unspecified atom stereocenters. The summed E-state index contributed by atoms with van der Waals surface area (Å²) in [5, 5.41) is 11.2. The van der Waals surface area contributed by atoms with Gasteiger partial charge in [0.15, 0.2) is 0 Å². The highest BCUT2D eigenvalue weighted by molar-refractivity contribution is 5.85. The monoisotopic (exact) mass is 271 g/mol. The second-order valence-corrected chi connectivity index (χ2v) is 4.54. The van der Waals surface area contributed by atoms with E-state index in [4.69, 9.17) is 5.11 Å². The highest BCUT2D eigenvalue weighted by Crippen LogP contribution is 2.11. The lowest BCUT2D eigenvalue weighted by Gasteiger charge is -2.17. The lowest BCUT2D eigenvalue weighted by atomic mass is 10.0. The van der Waals surface area contributed by atoms with Gasteiger partial charge in [0.1, 0.15) is 17.7 Å². The summed E-state index contributed by atoms with van der Waals surface area (Å²) in [6.07, 6.45) is -0.403. The molecule has 19 heavy (non-hydrogen) atoms. The van der Waals surface area contributed by atoms with Crippen LogP contribution in [0.3, 0.4) is 0 Å². The van der Waals surface area contributed by atoms with E-state index in [0.29, 0.717) is 0 Å². The van der Waals surface area contributed by atoms with Gasteiger partial charge in [0.25, 0.3) is 0 Å². The smallest absolute Gasteiger partial charge is 0.326 e. The van der Waals surface area contributed by atoms with Gasteiger partial charge in [0.05, 0.1) is 6.42 Å². The maximum absolute atomic E-state index is 13.3. The van der Waals surface area contributed by atoms with Gasteiger partial charge < -0.3 is 10.4 Å². The van der Waals surface area contributed by atoms with Crippen molar-refractivity contribution in [3.63, 3.8) is 0 Å². The van der Waals surface area contributed by atoms with E-state index in [-0.39, 0.29) is 11.5 Å². The second-order valence-electron chi connectivity index (χ2n) is 4.54. The van der Waals surface area contributed by atoms with E-state index in [9.17, 15) is 18.4 Å². The average Bonchev–Trinajstić information content (AvgIpc) is 2.30. The zero-order valence-corrected chi connectivity index (χ0v) is 10.6. The van der Waals surface area contributed by atoms with E-state index in [1.54, 1.807) is 13.8 Å². The van der Waals surface area contributed by atoms with Gasteiger partial charge in [-0.05, 0) is 24.1 Å². The van der Waals surface area contributed by atoms with Crippen LogP contribution in [0.4, 0.5) is 8.78 Å². The van der Waals surface area contributed by atoms with Crippen molar-refractivity contribution in [2.75, 3.05) is 0 Å². The first-order valence-electron chi connectivity index (χ1n) is 5.77. The van der Waals surface area contributed by atoms with Crippen molar-refractivity contribution in [1.82, 2.24) is 5.32 Å². The van der Waals surface area contributed by atoms with Gasteiger partial charge in [0, 0.05) is 5.56 Å². The Labute approximate surface area is 109 Å². The van der Waals surface area contributed by atoms with Crippen LogP contribution in [-0.2, 0) is 16.0 Å². The number of carboxylic acids is 1. The van der Waals surface area contributed by atoms with E-state index in [0.717, 1.165) is 18.2 Å². The Hall–Kier alpha value is -1.98. The maximum atomic E-state index is 13.3. The fourth-order valence-electron chi connectivity index (χ4n) is 1.59. The molecule has 1 rings (SSSR count). The fraction of sp³-hybridized carbons (Fsp3) is 0.385. The molecule has 6 heteroatoms. The summed E-state index contributed by atoms with van der Waals surface area (Å²) in [4.78, 5) is 22.5. The molecule has 1 aromatic carbocycles. The van der Waals surface area contributed by atoms with Crippen LogP contribution >= 0.6 is 0 Å². The molecule has 0 saturated heterocycles. The van der Waals surface area contributed by atoms with Gasteiger partial charge in [-0.25, -0.2) is 13.6 Å². The molecule has 0 bridgehead atoms. The molecule has 0 aliphatic rings. The molecule has 0 aliphatic carbocycles. The summed E-state index contributed by atoms with van der Waals surface area (Å²) in [6.45, 7) is 3.28. The number of rotatable bonds is 5. The number of carboxylic acid groups (broad SMARTS) is 1. The van der Waals surface area contributed by atoms with Gasteiger partial charge in [-0.15, -0.1) is 0 Å². The number of carbonyl (C=O) groups is 2. The molecule has 4 nitrogen and oxygen atoms in total. The van der Waals surface area contributed by atoms with Gasteiger partial charge in [-0.1, -0.05) is 13.8 Å². The maximum Gasteiger partial charge on any atom is 0.326 e. The van der Waals surface area contributed by atoms with Crippen molar-refractivity contribution in [2.45, 2.75) is 26.3 Å². The minimum Gasteiger partial charge on any atom is -0.480 e. The molecule has 1 aromatic rings. The first-order chi connectivity index (χ1) is 8.81. The topological polar surface area (TPSA) is 66.4 Å². The number of hydrogen-bond donors (Lipinski definition) is 2. The van der Waals surface area contributed by atoms with Crippen molar-refractivity contribution in [2.24, 2.45) is 5.92 Å². The molecule has 0 saturated carbocycles. The Morgan fingerprint density at radius 3 is 2.47 bits per heavy atom. The molecular formula is C13H15F2NO3. The molecule has 0 radical (unpaired) electrons. The normalized spacial score (nSPS) is 12.3. The molecule has 0 spiro atoms. The van der Waals surface area contributed by atoms with Crippen molar-refractivity contribution in [1.29, 1.82) is 0 Å². The van der Waals surface area contributed by atoms with E-state index in [1.807, 2.05) is 0 Å². The molecule has 1 amide bonds. The molecule has 0 aromatic heterocycles. The molecule has 2 N–H and O–H groups in total. The Bertz CT molecular complexity index is 489. The van der Waals surface area contributed by atoms with E-state index < -0.39 is 36.0 Å². The Kier molecular flexibility index (Phi) is 4.97. The van der Waals surface area contributed by atoms with E-state index >= 15 is 0 Å². The van der Waals surface area contributed by atoms with Gasteiger partial charge >= 0.3 is 5.97 Å². The lowest BCUT2D eigenvalue weighted by molar-refractivity contribution is -0.143. The van der Waals surface area contributed by atoms with Crippen molar-refractivity contribution >= 4 is 11.9 Å². The summed E-state index contributed by atoms with van der Waals surface area (Å²) in [7, 11) is 0. The Balaban J connectivity index is 2.74. The van der Waals surface area contributed by atoms with E-state index in [2.05, 4.69) is 5.32 Å². The number of carbonyl (C=O) groups excluding carboxylic acids is 1. The summed E-state index contributed by atoms with van der Waals surface area (Å²) in [6, 6.07) is 1.74. The third kappa shape index (κ3) is 4.31. The average molecular weight is 271 g/mol. The lowest BCUT2D eigenvalue weighted by Crippen LogP contribution is -2.45. The second kappa shape index (κ2) is 6.26. The molecular weight excluding hydrogens is 256 g/mol. The number of halogens is 2. The summed E-state index contributed by atoms with van der Waals surface area (Å²) >= 11 is 0. The van der Waals surface area contributed by atoms with Crippen LogP contribution in [0.25, 0.3) is 0 Å². The molecule has 0 fully saturated rings. The quantitative estimate of drug-likeness (QED) is 0.857. The minimum atomic E-state index is -1.16. The van der Waals surface area contributed by atoms with Crippen molar-refractivity contribution in [3.8, 4) is 0 Å². The first kappa shape index (κ1) is 15.1. The first-order valence-corrected chi connectivity index (χ1v) is 5.77. The highest BCUT2D eigenvalue weighted by atomic mass is 19.1. The van der Waals surface area contributed by atoms with Crippen LogP contribution in [0, 0.1) is 17.6 Å². The van der Waals surface area contributed by atoms with Gasteiger partial charge in [-0.3, -0.25) is 4.79 Å². The predicted octanol–water partition coefficient (Wildman–Crippen LogP) is 1.73. The number of nitrogens with one attached hydrogen (secondary N) is 1. The number of aliphatic carboxylic acids is 1. The fourth-order valence-corrected chi connectivity index (χ4v) is 1.59. The zero-order valence-electron chi connectivity index (χ0n) is 10.6. The molecule has 1 atom stereocenters. The zero-order chi connectivity index (χ0) is 14.6. The van der Waals surface area contributed by atoms with Gasteiger partial charge in [-0.2, -0.15) is 0 Å². The summed E-state index contributed by atoms with van der Waals surface area (Å²) in [5.41, 5.74) is -0.106. The van der Waals surface area contributed by atoms with Crippen LogP contribution in [0.2, 0.25) is 0 Å². The Morgan fingerprint density at radius 2 is 1.95 bits per heavy atom. The van der Waals surface area contributed by atoms with Gasteiger partial charge in [0.2, 0.25) is 5.91 Å². The Morgan fingerprint density at radius 1 is 1.32 bits per heavy atom. The molecule has 104 valence electrons. The predicted molar refractivity (Wildman–Crippen MR) is 64.5 cm³/mol. The molecule has 0 aliphatic heterocycles. The summed E-state index contributed by atoms with van der Waals surface area (Å²) in [5.74, 6) is -3.48. The standard InChI is InChI=1S/C13H15F2NO3/c1-7(2)12(13(18)19)16-11(17)6-8-5-9(14)3-4-10(8)15/h3-5,7,12H,6H2,1-2H3,(H,16,17)(H,18,19)/t12-/m1/s1. The van der Waals surface area contributed by atoms with Crippen LogP contribution in [0.5, 0.6) is 0 Å². The minimum absolute atomic E-state index is 0.106. The molecule has 0 heterocycles. The highest BCUT2D eigenvalue weighted by Gasteiger charge is 2.23. The van der Waals surface area contributed by atoms with Crippen LogP contribution in [0.15, 0.2) is 18.2 Å². The summed E-state index contributed by atoms with van der Waals surface area (Å²) < 4.78 is 26.2. The van der Waals surface area contributed by atoms with Crippen LogP contribution < -0.4 is 5.32 Å². The van der Waals surface area contributed by atoms with Crippen molar-refractivity contribution < 1.29 is 23.5 Å². The third-order valence-electron chi connectivity index (χ3n) is 2.61. The number of hydrogen-bond acceptors (Lipinski definition) is 2. The van der Waals surface area contributed by atoms with Crippen LogP contribution in [0.1, 0.15) is 19.4 Å². The largest absolute Gasteiger partial charge is 0.480 e. The third-order valence-corrected chi connectivity index (χ3v) is 2.61.